The van der Waals surface area contributed by atoms with Gasteiger partial charge in [-0.25, -0.2) is 0 Å². The fraction of sp³-hybridized carbons (Fsp3) is 0.353. The zero-order valence-corrected chi connectivity index (χ0v) is 11.6. The molecule has 2 heteroatoms. The molecule has 2 nitrogen and oxygen atoms in total. The van der Waals surface area contributed by atoms with E-state index < -0.39 is 0 Å². The summed E-state index contributed by atoms with van der Waals surface area (Å²) in [7, 11) is 0. The topological polar surface area (TPSA) is 30.2 Å². The van der Waals surface area contributed by atoms with Crippen LogP contribution >= 0.6 is 0 Å². The molecule has 98 valence electrons. The Labute approximate surface area is 113 Å². The first-order valence-electron chi connectivity index (χ1n) is 6.68. The molecular weight excluding hydrogens is 236 g/mol. The molecule has 1 aliphatic carbocycles. The molecule has 3 rings (SSSR count). The molecule has 0 atom stereocenters. The Bertz CT molecular complexity index is 647. The largest absolute Gasteiger partial charge is 0.460 e. The van der Waals surface area contributed by atoms with E-state index in [2.05, 4.69) is 32.9 Å². The van der Waals surface area contributed by atoms with Gasteiger partial charge >= 0.3 is 0 Å². The van der Waals surface area contributed by atoms with Gasteiger partial charge < -0.3 is 4.42 Å². The van der Waals surface area contributed by atoms with E-state index in [1.165, 1.54) is 5.56 Å². The van der Waals surface area contributed by atoms with Crippen molar-refractivity contribution in [3.8, 4) is 11.3 Å². The van der Waals surface area contributed by atoms with Crippen molar-refractivity contribution in [3.63, 3.8) is 0 Å². The number of ketones is 1. The lowest BCUT2D eigenvalue weighted by Crippen LogP contribution is -2.25. The molecule has 2 aromatic rings. The summed E-state index contributed by atoms with van der Waals surface area (Å²) in [6.07, 6.45) is 1.44. The van der Waals surface area contributed by atoms with Crippen molar-refractivity contribution in [3.05, 3.63) is 47.2 Å². The summed E-state index contributed by atoms with van der Waals surface area (Å²) < 4.78 is 5.93. The highest BCUT2D eigenvalue weighted by Gasteiger charge is 2.34. The van der Waals surface area contributed by atoms with Crippen LogP contribution in [0.5, 0.6) is 0 Å². The van der Waals surface area contributed by atoms with Crippen molar-refractivity contribution in [1.29, 1.82) is 0 Å². The van der Waals surface area contributed by atoms with Crippen LogP contribution in [0.4, 0.5) is 0 Å². The predicted molar refractivity (Wildman–Crippen MR) is 75.3 cm³/mol. The molecule has 0 aliphatic heterocycles. The van der Waals surface area contributed by atoms with Crippen LogP contribution in [0.25, 0.3) is 11.3 Å². The molecule has 0 bridgehead atoms. The molecule has 1 heterocycles. The highest BCUT2D eigenvalue weighted by molar-refractivity contribution is 5.99. The van der Waals surface area contributed by atoms with Crippen LogP contribution in [0.15, 0.2) is 34.7 Å². The maximum absolute atomic E-state index is 12.2. The zero-order chi connectivity index (χ0) is 13.6. The Kier molecular flexibility index (Phi) is 2.63. The summed E-state index contributed by atoms with van der Waals surface area (Å²) in [6.45, 7) is 6.28. The summed E-state index contributed by atoms with van der Waals surface area (Å²) in [5.74, 6) is 1.85. The molecule has 0 radical (unpaired) electrons. The third-order valence-electron chi connectivity index (χ3n) is 3.69. The van der Waals surface area contributed by atoms with Gasteiger partial charge in [0.05, 0.1) is 5.56 Å². The van der Waals surface area contributed by atoms with Crippen LogP contribution in [0.1, 0.15) is 41.9 Å². The van der Waals surface area contributed by atoms with Crippen LogP contribution in [0.3, 0.4) is 0 Å². The highest BCUT2D eigenvalue weighted by atomic mass is 16.3. The van der Waals surface area contributed by atoms with E-state index in [1.54, 1.807) is 0 Å². The normalized spacial score (nSPS) is 17.3. The minimum atomic E-state index is 0.00577. The van der Waals surface area contributed by atoms with Gasteiger partial charge in [-0.15, -0.1) is 0 Å². The Morgan fingerprint density at radius 3 is 2.68 bits per heavy atom. The Hall–Kier alpha value is -1.83. The maximum atomic E-state index is 12.2. The average Bonchev–Trinajstić information content (AvgIpc) is 2.71. The third-order valence-corrected chi connectivity index (χ3v) is 3.69. The van der Waals surface area contributed by atoms with Crippen LogP contribution in [-0.2, 0) is 6.42 Å². The minimum Gasteiger partial charge on any atom is -0.460 e. The SMILES string of the molecule is Cc1cccc(-c2cc3c(o2)CC(C)(C)CC3=O)c1. The van der Waals surface area contributed by atoms with Gasteiger partial charge in [-0.1, -0.05) is 37.6 Å². The molecule has 0 fully saturated rings. The molecule has 19 heavy (non-hydrogen) atoms. The summed E-state index contributed by atoms with van der Waals surface area (Å²) >= 11 is 0. The molecule has 0 saturated heterocycles. The number of carbonyl (C=O) groups is 1. The Morgan fingerprint density at radius 2 is 1.95 bits per heavy atom. The first-order valence-corrected chi connectivity index (χ1v) is 6.68. The second-order valence-corrected chi connectivity index (χ2v) is 6.26. The number of benzene rings is 1. The quantitative estimate of drug-likeness (QED) is 0.754. The molecule has 0 saturated carbocycles. The van der Waals surface area contributed by atoms with E-state index in [1.807, 2.05) is 18.2 Å². The van der Waals surface area contributed by atoms with Gasteiger partial charge in [-0.05, 0) is 24.5 Å². The second kappa shape index (κ2) is 4.09. The molecule has 0 spiro atoms. The maximum Gasteiger partial charge on any atom is 0.166 e. The minimum absolute atomic E-state index is 0.00577. The molecule has 0 N–H and O–H groups in total. The van der Waals surface area contributed by atoms with Crippen LogP contribution in [0.2, 0.25) is 0 Å². The zero-order valence-electron chi connectivity index (χ0n) is 11.6. The number of furan rings is 1. The summed E-state index contributed by atoms with van der Waals surface area (Å²) in [4.78, 5) is 12.2. The van der Waals surface area contributed by atoms with Crippen molar-refractivity contribution in [2.45, 2.75) is 33.6 Å². The molecule has 0 unspecified atom stereocenters. The lowest BCUT2D eigenvalue weighted by molar-refractivity contribution is 0.0904. The highest BCUT2D eigenvalue weighted by Crippen LogP contribution is 2.38. The molecule has 0 amide bonds. The van der Waals surface area contributed by atoms with Gasteiger partial charge in [0, 0.05) is 18.4 Å². The van der Waals surface area contributed by atoms with Gasteiger partial charge in [0.15, 0.2) is 5.78 Å². The van der Waals surface area contributed by atoms with Crippen LogP contribution in [0, 0.1) is 12.3 Å². The van der Waals surface area contributed by atoms with Crippen LogP contribution < -0.4 is 0 Å². The van der Waals surface area contributed by atoms with E-state index in [0.29, 0.717) is 6.42 Å². The number of fused-ring (bicyclic) bond motifs is 1. The summed E-state index contributed by atoms with van der Waals surface area (Å²) in [5, 5.41) is 0. The standard InChI is InChI=1S/C17H18O2/c1-11-5-4-6-12(7-11)15-8-13-14(18)9-17(2,3)10-16(13)19-15/h4-8H,9-10H2,1-3H3. The average molecular weight is 254 g/mol. The van der Waals surface area contributed by atoms with Crippen molar-refractivity contribution < 1.29 is 9.21 Å². The third kappa shape index (κ3) is 2.23. The molecular formula is C17H18O2. The Morgan fingerprint density at radius 1 is 1.16 bits per heavy atom. The second-order valence-electron chi connectivity index (χ2n) is 6.26. The van der Waals surface area contributed by atoms with Gasteiger partial charge in [0.25, 0.3) is 0 Å². The molecule has 1 aromatic carbocycles. The van der Waals surface area contributed by atoms with Gasteiger partial charge in [0.2, 0.25) is 0 Å². The van der Waals surface area contributed by atoms with E-state index in [0.717, 1.165) is 29.1 Å². The van der Waals surface area contributed by atoms with Gasteiger partial charge in [-0.3, -0.25) is 4.79 Å². The monoisotopic (exact) mass is 254 g/mol. The Balaban J connectivity index is 2.06. The van der Waals surface area contributed by atoms with Crippen molar-refractivity contribution in [1.82, 2.24) is 0 Å². The molecule has 1 aromatic heterocycles. The number of carbonyl (C=O) groups excluding carboxylic acids is 1. The van der Waals surface area contributed by atoms with E-state index in [-0.39, 0.29) is 11.2 Å². The number of Topliss-reactive ketones (excluding diaryl/α,β-unsaturated/α-hetero) is 1. The number of rotatable bonds is 1. The summed E-state index contributed by atoms with van der Waals surface area (Å²) in [6, 6.07) is 10.1. The predicted octanol–water partition coefficient (Wildman–Crippen LogP) is 4.41. The van der Waals surface area contributed by atoms with Crippen molar-refractivity contribution in [2.75, 3.05) is 0 Å². The first kappa shape index (κ1) is 12.2. The van der Waals surface area contributed by atoms with E-state index >= 15 is 0 Å². The number of aryl methyl sites for hydroxylation is 1. The lowest BCUT2D eigenvalue weighted by Gasteiger charge is -2.26. The van der Waals surface area contributed by atoms with Crippen LogP contribution in [-0.4, -0.2) is 5.78 Å². The van der Waals surface area contributed by atoms with Crippen molar-refractivity contribution >= 4 is 5.78 Å². The lowest BCUT2D eigenvalue weighted by atomic mass is 9.76. The van der Waals surface area contributed by atoms with Gasteiger partial charge in [-0.2, -0.15) is 0 Å². The van der Waals surface area contributed by atoms with E-state index in [9.17, 15) is 4.79 Å². The fourth-order valence-corrected chi connectivity index (χ4v) is 2.76. The smallest absolute Gasteiger partial charge is 0.166 e. The first-order chi connectivity index (χ1) is 8.94. The van der Waals surface area contributed by atoms with E-state index in [4.69, 9.17) is 4.42 Å². The fourth-order valence-electron chi connectivity index (χ4n) is 2.76. The van der Waals surface area contributed by atoms with Gasteiger partial charge in [0.1, 0.15) is 11.5 Å². The number of hydrogen-bond donors (Lipinski definition) is 0. The van der Waals surface area contributed by atoms with Crippen molar-refractivity contribution in [2.24, 2.45) is 5.41 Å². The molecule has 1 aliphatic rings. The number of hydrogen-bond acceptors (Lipinski definition) is 2. The summed E-state index contributed by atoms with van der Waals surface area (Å²) in [5.41, 5.74) is 3.01.